The summed E-state index contributed by atoms with van der Waals surface area (Å²) in [5.41, 5.74) is 0. The Morgan fingerprint density at radius 2 is 2.25 bits per heavy atom. The van der Waals surface area contributed by atoms with Gasteiger partial charge in [-0.25, -0.2) is 0 Å². The van der Waals surface area contributed by atoms with E-state index >= 15 is 0 Å². The number of piperidine rings is 1. The van der Waals surface area contributed by atoms with Gasteiger partial charge in [0.15, 0.2) is 0 Å². The quantitative estimate of drug-likeness (QED) is 0.749. The molecule has 1 fully saturated rings. The van der Waals surface area contributed by atoms with Gasteiger partial charge < -0.3 is 14.9 Å². The fourth-order valence-electron chi connectivity index (χ4n) is 2.13. The number of carbonyl (C=O) groups is 2. The number of carboxylic acid groups (broad SMARTS) is 1. The monoisotopic (exact) mass is 228 g/mol. The summed E-state index contributed by atoms with van der Waals surface area (Å²) in [5.74, 6) is -1.12. The maximum atomic E-state index is 11.7. The van der Waals surface area contributed by atoms with Gasteiger partial charge in [-0.3, -0.25) is 9.59 Å². The summed E-state index contributed by atoms with van der Waals surface area (Å²) in [6.45, 7) is 3.07. The molecule has 92 valence electrons. The van der Waals surface area contributed by atoms with E-state index in [0.717, 1.165) is 6.54 Å². The van der Waals surface area contributed by atoms with Crippen molar-refractivity contribution < 1.29 is 14.7 Å². The minimum Gasteiger partial charge on any atom is -0.481 e. The van der Waals surface area contributed by atoms with Crippen LogP contribution in [0.25, 0.3) is 0 Å². The largest absolute Gasteiger partial charge is 0.481 e. The lowest BCUT2D eigenvalue weighted by molar-refractivity contribution is -0.148. The zero-order chi connectivity index (χ0) is 12.3. The van der Waals surface area contributed by atoms with E-state index in [1.807, 2.05) is 25.9 Å². The average Bonchev–Trinajstić information content (AvgIpc) is 2.16. The fourth-order valence-corrected chi connectivity index (χ4v) is 2.13. The molecule has 1 aliphatic rings. The first kappa shape index (κ1) is 13.0. The van der Waals surface area contributed by atoms with Crippen molar-refractivity contribution in [2.24, 2.45) is 5.92 Å². The van der Waals surface area contributed by atoms with Crippen molar-refractivity contribution >= 4 is 11.9 Å². The van der Waals surface area contributed by atoms with Crippen molar-refractivity contribution in [3.8, 4) is 0 Å². The molecule has 0 radical (unpaired) electrons. The lowest BCUT2D eigenvalue weighted by Gasteiger charge is -2.36. The molecule has 1 heterocycles. The summed E-state index contributed by atoms with van der Waals surface area (Å²) < 4.78 is 0. The lowest BCUT2D eigenvalue weighted by atomic mass is 9.96. The molecule has 1 aliphatic heterocycles. The summed E-state index contributed by atoms with van der Waals surface area (Å²) >= 11 is 0. The van der Waals surface area contributed by atoms with E-state index in [0.29, 0.717) is 19.4 Å². The Bertz CT molecular complexity index is 278. The van der Waals surface area contributed by atoms with Crippen LogP contribution >= 0.6 is 0 Å². The van der Waals surface area contributed by atoms with E-state index in [1.54, 1.807) is 4.90 Å². The fraction of sp³-hybridized carbons (Fsp3) is 0.818. The van der Waals surface area contributed by atoms with E-state index in [-0.39, 0.29) is 11.9 Å². The maximum Gasteiger partial charge on any atom is 0.308 e. The van der Waals surface area contributed by atoms with E-state index in [4.69, 9.17) is 5.11 Å². The van der Waals surface area contributed by atoms with E-state index in [9.17, 15) is 9.59 Å². The lowest BCUT2D eigenvalue weighted by Crippen LogP contribution is -2.50. The SMILES string of the molecule is CC(CN(C)C)N1CC(C(=O)O)CCC1=O. The molecular weight excluding hydrogens is 208 g/mol. The number of amides is 1. The topological polar surface area (TPSA) is 60.9 Å². The molecule has 16 heavy (non-hydrogen) atoms. The highest BCUT2D eigenvalue weighted by Gasteiger charge is 2.32. The number of likely N-dealkylation sites (tertiary alicyclic amines) is 1. The number of nitrogens with zero attached hydrogens (tertiary/aromatic N) is 2. The maximum absolute atomic E-state index is 11.7. The summed E-state index contributed by atoms with van der Waals surface area (Å²) in [6, 6.07) is 0.0737. The van der Waals surface area contributed by atoms with Crippen molar-refractivity contribution in [1.82, 2.24) is 9.80 Å². The normalized spacial score (nSPS) is 23.6. The number of likely N-dealkylation sites (N-methyl/N-ethyl adjacent to an activating group) is 1. The number of hydrogen-bond donors (Lipinski definition) is 1. The average molecular weight is 228 g/mol. The third-order valence-corrected chi connectivity index (χ3v) is 2.95. The zero-order valence-corrected chi connectivity index (χ0v) is 10.1. The first-order valence-electron chi connectivity index (χ1n) is 5.58. The molecule has 5 heteroatoms. The van der Waals surface area contributed by atoms with Crippen molar-refractivity contribution in [1.29, 1.82) is 0 Å². The molecular formula is C11H20N2O3. The number of carboxylic acids is 1. The molecule has 0 aromatic heterocycles. The number of aliphatic carboxylic acids is 1. The highest BCUT2D eigenvalue weighted by Crippen LogP contribution is 2.20. The van der Waals surface area contributed by atoms with Gasteiger partial charge >= 0.3 is 5.97 Å². The second-order valence-corrected chi connectivity index (χ2v) is 4.73. The van der Waals surface area contributed by atoms with Crippen molar-refractivity contribution in [3.05, 3.63) is 0 Å². The predicted molar refractivity (Wildman–Crippen MR) is 60.1 cm³/mol. The summed E-state index contributed by atoms with van der Waals surface area (Å²) in [5, 5.41) is 8.96. The van der Waals surface area contributed by atoms with Gasteiger partial charge in [0.25, 0.3) is 0 Å². The molecule has 1 saturated heterocycles. The molecule has 0 aromatic rings. The van der Waals surface area contributed by atoms with Crippen LogP contribution < -0.4 is 0 Å². The Labute approximate surface area is 96.0 Å². The first-order valence-corrected chi connectivity index (χ1v) is 5.58. The zero-order valence-electron chi connectivity index (χ0n) is 10.1. The van der Waals surface area contributed by atoms with Crippen molar-refractivity contribution in [2.45, 2.75) is 25.8 Å². The van der Waals surface area contributed by atoms with Gasteiger partial charge in [-0.2, -0.15) is 0 Å². The van der Waals surface area contributed by atoms with E-state index in [2.05, 4.69) is 0 Å². The molecule has 5 nitrogen and oxygen atoms in total. The van der Waals surface area contributed by atoms with Crippen LogP contribution in [0.3, 0.4) is 0 Å². The van der Waals surface area contributed by atoms with Gasteiger partial charge in [0.05, 0.1) is 5.92 Å². The summed E-state index contributed by atoms with van der Waals surface area (Å²) in [6.07, 6.45) is 0.827. The molecule has 2 unspecified atom stereocenters. The van der Waals surface area contributed by atoms with Crippen molar-refractivity contribution in [2.75, 3.05) is 27.2 Å². The Morgan fingerprint density at radius 1 is 1.62 bits per heavy atom. The van der Waals surface area contributed by atoms with Gasteiger partial charge in [-0.15, -0.1) is 0 Å². The van der Waals surface area contributed by atoms with E-state index in [1.165, 1.54) is 0 Å². The number of carbonyl (C=O) groups excluding carboxylic acids is 1. The van der Waals surface area contributed by atoms with Crippen LogP contribution in [0.2, 0.25) is 0 Å². The van der Waals surface area contributed by atoms with Gasteiger partial charge in [0, 0.05) is 25.6 Å². The van der Waals surface area contributed by atoms with Crippen LogP contribution in [0.5, 0.6) is 0 Å². The number of rotatable bonds is 4. The molecule has 1 N–H and O–H groups in total. The smallest absolute Gasteiger partial charge is 0.308 e. The first-order chi connectivity index (χ1) is 7.41. The minimum absolute atomic E-state index is 0.0737. The molecule has 0 saturated carbocycles. The molecule has 0 spiro atoms. The standard InChI is InChI=1S/C11H20N2O3/c1-8(6-12(2)3)13-7-9(11(15)16)4-5-10(13)14/h8-9H,4-7H2,1-3H3,(H,15,16). The third kappa shape index (κ3) is 3.20. The van der Waals surface area contributed by atoms with Gasteiger partial charge in [0.2, 0.25) is 5.91 Å². The third-order valence-electron chi connectivity index (χ3n) is 2.95. The molecule has 0 aromatic carbocycles. The van der Waals surface area contributed by atoms with Crippen LogP contribution in [0, 0.1) is 5.92 Å². The highest BCUT2D eigenvalue weighted by molar-refractivity contribution is 5.80. The van der Waals surface area contributed by atoms with Gasteiger partial charge in [-0.1, -0.05) is 0 Å². The molecule has 1 rings (SSSR count). The highest BCUT2D eigenvalue weighted by atomic mass is 16.4. The van der Waals surface area contributed by atoms with Crippen molar-refractivity contribution in [3.63, 3.8) is 0 Å². The summed E-state index contributed by atoms with van der Waals surface area (Å²) in [4.78, 5) is 26.3. The van der Waals surface area contributed by atoms with Crippen LogP contribution in [0.4, 0.5) is 0 Å². The van der Waals surface area contributed by atoms with Crippen LogP contribution in [0.1, 0.15) is 19.8 Å². The Balaban J connectivity index is 2.62. The Morgan fingerprint density at radius 3 is 2.75 bits per heavy atom. The van der Waals surface area contributed by atoms with Crippen LogP contribution in [-0.2, 0) is 9.59 Å². The predicted octanol–water partition coefficient (Wildman–Crippen LogP) is 0.260. The van der Waals surface area contributed by atoms with Gasteiger partial charge in [0.1, 0.15) is 0 Å². The van der Waals surface area contributed by atoms with Crippen LogP contribution in [-0.4, -0.2) is 60.0 Å². The second kappa shape index (κ2) is 5.30. The molecule has 2 atom stereocenters. The minimum atomic E-state index is -0.797. The summed E-state index contributed by atoms with van der Waals surface area (Å²) in [7, 11) is 3.89. The Hall–Kier alpha value is -1.10. The molecule has 0 bridgehead atoms. The number of hydrogen-bond acceptors (Lipinski definition) is 3. The van der Waals surface area contributed by atoms with Crippen LogP contribution in [0.15, 0.2) is 0 Å². The van der Waals surface area contributed by atoms with Gasteiger partial charge in [-0.05, 0) is 27.4 Å². The second-order valence-electron chi connectivity index (χ2n) is 4.73. The molecule has 0 aliphatic carbocycles. The van der Waals surface area contributed by atoms with E-state index < -0.39 is 11.9 Å². The Kier molecular flexibility index (Phi) is 4.29. The molecule has 1 amide bonds.